The normalized spacial score (nSPS) is 11.9. The lowest BCUT2D eigenvalue weighted by Gasteiger charge is -2.32. The Balaban J connectivity index is 2.33. The molecule has 156 valence electrons. The van der Waals surface area contributed by atoms with E-state index in [1.165, 1.54) is 0 Å². The molecule has 2 N–H and O–H groups in total. The largest absolute Gasteiger partial charge is 0.396 e. The van der Waals surface area contributed by atoms with Crippen LogP contribution in [0.4, 0.5) is 0 Å². The monoisotopic (exact) mass is 416 g/mol. The third-order valence-electron chi connectivity index (χ3n) is 4.63. The van der Waals surface area contributed by atoms with Gasteiger partial charge >= 0.3 is 0 Å². The first-order valence-corrected chi connectivity index (χ1v) is 10.3. The summed E-state index contributed by atoms with van der Waals surface area (Å²) >= 11 is 5.99. The van der Waals surface area contributed by atoms with E-state index in [0.29, 0.717) is 31.0 Å². The second-order valence-electron chi connectivity index (χ2n) is 7.32. The van der Waals surface area contributed by atoms with Gasteiger partial charge in [-0.15, -0.1) is 0 Å². The minimum atomic E-state index is -0.651. The van der Waals surface area contributed by atoms with Gasteiger partial charge < -0.3 is 15.3 Å². The Hall–Kier alpha value is -2.37. The lowest BCUT2D eigenvalue weighted by atomic mass is 10.0. The molecular formula is C23H29ClN2O3. The number of nitrogens with one attached hydrogen (secondary N) is 1. The Labute approximate surface area is 177 Å². The maximum absolute atomic E-state index is 13.1. The number of amides is 2. The second-order valence-corrected chi connectivity index (χ2v) is 7.76. The first-order chi connectivity index (χ1) is 13.9. The zero-order valence-electron chi connectivity index (χ0n) is 17.0. The van der Waals surface area contributed by atoms with Gasteiger partial charge in [0, 0.05) is 37.1 Å². The molecule has 0 aliphatic rings. The highest BCUT2D eigenvalue weighted by Crippen LogP contribution is 2.18. The van der Waals surface area contributed by atoms with Crippen LogP contribution in [0.5, 0.6) is 0 Å². The number of carbonyl (C=O) groups is 2. The Morgan fingerprint density at radius 1 is 1.03 bits per heavy atom. The fourth-order valence-corrected chi connectivity index (χ4v) is 3.18. The van der Waals surface area contributed by atoms with Crippen LogP contribution in [0.1, 0.15) is 31.4 Å². The number of aliphatic hydroxyl groups is 1. The molecule has 0 aromatic heterocycles. The molecule has 2 aromatic rings. The molecule has 0 aliphatic carbocycles. The van der Waals surface area contributed by atoms with Crippen molar-refractivity contribution >= 4 is 23.4 Å². The van der Waals surface area contributed by atoms with Gasteiger partial charge in [-0.2, -0.15) is 0 Å². The van der Waals surface area contributed by atoms with Crippen molar-refractivity contribution in [2.75, 3.05) is 13.2 Å². The van der Waals surface area contributed by atoms with Crippen LogP contribution >= 0.6 is 11.6 Å². The highest BCUT2D eigenvalue weighted by Gasteiger charge is 2.31. The zero-order valence-corrected chi connectivity index (χ0v) is 17.7. The molecule has 0 saturated heterocycles. The van der Waals surface area contributed by atoms with Crippen molar-refractivity contribution in [2.45, 2.75) is 39.3 Å². The van der Waals surface area contributed by atoms with Gasteiger partial charge in [-0.05, 0) is 29.7 Å². The summed E-state index contributed by atoms with van der Waals surface area (Å²) in [5.74, 6) is -0.547. The van der Waals surface area contributed by atoms with Crippen LogP contribution < -0.4 is 5.32 Å². The predicted octanol–water partition coefficient (Wildman–Crippen LogP) is 3.43. The Kier molecular flexibility index (Phi) is 9.16. The molecule has 2 rings (SSSR count). The summed E-state index contributed by atoms with van der Waals surface area (Å²) in [6.45, 7) is 4.36. The molecule has 1 atom stereocenters. The van der Waals surface area contributed by atoms with Gasteiger partial charge in [0.25, 0.3) is 0 Å². The second kappa shape index (κ2) is 11.6. The number of hydrogen-bond donors (Lipinski definition) is 2. The zero-order chi connectivity index (χ0) is 21.2. The number of benzene rings is 2. The van der Waals surface area contributed by atoms with Crippen LogP contribution in [0.2, 0.25) is 5.02 Å². The third-order valence-corrected chi connectivity index (χ3v) is 4.88. The lowest BCUT2D eigenvalue weighted by molar-refractivity contribution is -0.143. The summed E-state index contributed by atoms with van der Waals surface area (Å²) in [4.78, 5) is 27.7. The number of hydrogen-bond acceptors (Lipinski definition) is 3. The van der Waals surface area contributed by atoms with Gasteiger partial charge in [-0.25, -0.2) is 0 Å². The van der Waals surface area contributed by atoms with E-state index in [4.69, 9.17) is 16.7 Å². The number of rotatable bonds is 10. The summed E-state index contributed by atoms with van der Waals surface area (Å²) in [6, 6.07) is 16.3. The van der Waals surface area contributed by atoms with E-state index in [0.717, 1.165) is 11.1 Å². The molecule has 6 heteroatoms. The van der Waals surface area contributed by atoms with E-state index in [9.17, 15) is 9.59 Å². The maximum atomic E-state index is 13.1. The number of aliphatic hydroxyl groups excluding tert-OH is 1. The van der Waals surface area contributed by atoms with Crippen molar-refractivity contribution in [1.82, 2.24) is 10.2 Å². The highest BCUT2D eigenvalue weighted by atomic mass is 35.5. The van der Waals surface area contributed by atoms with E-state index in [1.807, 2.05) is 56.3 Å². The van der Waals surface area contributed by atoms with Gasteiger partial charge in [0.15, 0.2) is 0 Å². The molecule has 0 fully saturated rings. The molecule has 0 heterocycles. The van der Waals surface area contributed by atoms with E-state index >= 15 is 0 Å². The average molecular weight is 417 g/mol. The van der Waals surface area contributed by atoms with E-state index in [2.05, 4.69) is 5.32 Å². The van der Waals surface area contributed by atoms with Crippen molar-refractivity contribution in [1.29, 1.82) is 0 Å². The van der Waals surface area contributed by atoms with Crippen molar-refractivity contribution in [3.05, 3.63) is 70.7 Å². The molecule has 0 unspecified atom stereocenters. The fraction of sp³-hybridized carbons (Fsp3) is 0.391. The molecule has 2 amide bonds. The van der Waals surface area contributed by atoms with Crippen molar-refractivity contribution in [3.63, 3.8) is 0 Å². The van der Waals surface area contributed by atoms with Crippen LogP contribution in [-0.4, -0.2) is 41.0 Å². The van der Waals surface area contributed by atoms with Crippen LogP contribution in [-0.2, 0) is 22.6 Å². The van der Waals surface area contributed by atoms with E-state index in [1.54, 1.807) is 17.0 Å². The third kappa shape index (κ3) is 7.18. The average Bonchev–Trinajstić information content (AvgIpc) is 2.72. The van der Waals surface area contributed by atoms with E-state index in [-0.39, 0.29) is 24.3 Å². The van der Waals surface area contributed by atoms with Gasteiger partial charge in [0.2, 0.25) is 11.8 Å². The maximum Gasteiger partial charge on any atom is 0.243 e. The minimum Gasteiger partial charge on any atom is -0.396 e. The Morgan fingerprint density at radius 3 is 2.28 bits per heavy atom. The van der Waals surface area contributed by atoms with Gasteiger partial charge in [0.1, 0.15) is 6.04 Å². The topological polar surface area (TPSA) is 69.6 Å². The van der Waals surface area contributed by atoms with Crippen molar-refractivity contribution in [3.8, 4) is 0 Å². The fourth-order valence-electron chi connectivity index (χ4n) is 3.05. The first-order valence-electron chi connectivity index (χ1n) is 9.89. The highest BCUT2D eigenvalue weighted by molar-refractivity contribution is 6.30. The molecule has 0 spiro atoms. The standard InChI is InChI=1S/C23H29ClN2O3/c1-17(2)23(29)26(16-19-9-11-20(24)12-10-19)21(22(28)25-13-6-14-27)15-18-7-4-3-5-8-18/h3-5,7-12,17,21,27H,6,13-16H2,1-2H3,(H,25,28)/t21-/m0/s1. The Morgan fingerprint density at radius 2 is 1.69 bits per heavy atom. The summed E-state index contributed by atoms with van der Waals surface area (Å²) in [6.07, 6.45) is 0.886. The molecule has 0 radical (unpaired) electrons. The predicted molar refractivity (Wildman–Crippen MR) is 115 cm³/mol. The van der Waals surface area contributed by atoms with Gasteiger partial charge in [-0.3, -0.25) is 9.59 Å². The van der Waals surface area contributed by atoms with Crippen LogP contribution in [0, 0.1) is 5.92 Å². The summed E-state index contributed by atoms with van der Waals surface area (Å²) in [5.41, 5.74) is 1.89. The summed E-state index contributed by atoms with van der Waals surface area (Å²) in [5, 5.41) is 12.5. The smallest absolute Gasteiger partial charge is 0.243 e. The summed E-state index contributed by atoms with van der Waals surface area (Å²) < 4.78 is 0. The van der Waals surface area contributed by atoms with Crippen LogP contribution in [0.25, 0.3) is 0 Å². The van der Waals surface area contributed by atoms with E-state index < -0.39 is 6.04 Å². The quantitative estimate of drug-likeness (QED) is 0.583. The number of nitrogens with zero attached hydrogens (tertiary/aromatic N) is 1. The number of carbonyl (C=O) groups excluding carboxylic acids is 2. The van der Waals surface area contributed by atoms with Gasteiger partial charge in [0.05, 0.1) is 0 Å². The minimum absolute atomic E-state index is 0.00302. The molecule has 29 heavy (non-hydrogen) atoms. The molecule has 0 aliphatic heterocycles. The van der Waals surface area contributed by atoms with Crippen molar-refractivity contribution < 1.29 is 14.7 Å². The molecule has 2 aromatic carbocycles. The van der Waals surface area contributed by atoms with Crippen molar-refractivity contribution in [2.24, 2.45) is 5.92 Å². The van der Waals surface area contributed by atoms with Crippen LogP contribution in [0.15, 0.2) is 54.6 Å². The Bertz CT molecular complexity index is 778. The lowest BCUT2D eigenvalue weighted by Crippen LogP contribution is -2.51. The first kappa shape index (κ1) is 22.9. The number of halogens is 1. The summed E-state index contributed by atoms with van der Waals surface area (Å²) in [7, 11) is 0. The molecule has 0 bridgehead atoms. The van der Waals surface area contributed by atoms with Crippen LogP contribution in [0.3, 0.4) is 0 Å². The molecular weight excluding hydrogens is 388 g/mol. The molecule has 0 saturated carbocycles. The molecule has 5 nitrogen and oxygen atoms in total. The SMILES string of the molecule is CC(C)C(=O)N(Cc1ccc(Cl)cc1)[C@@H](Cc1ccccc1)C(=O)NCCCO. The van der Waals surface area contributed by atoms with Gasteiger partial charge in [-0.1, -0.05) is 67.9 Å².